The summed E-state index contributed by atoms with van der Waals surface area (Å²) in [5.41, 5.74) is 5.89. The second-order valence-corrected chi connectivity index (χ2v) is 5.95. The van der Waals surface area contributed by atoms with E-state index in [1.165, 1.54) is 22.4 Å². The second-order valence-electron chi connectivity index (χ2n) is 5.95. The van der Waals surface area contributed by atoms with Gasteiger partial charge in [-0.25, -0.2) is 0 Å². The predicted molar refractivity (Wildman–Crippen MR) is 87.2 cm³/mol. The number of hydrogen-bond acceptors (Lipinski definition) is 2. The number of anilines is 1. The maximum Gasteiger partial charge on any atom is 0.182 e. The molecule has 21 heavy (non-hydrogen) atoms. The molecule has 0 amide bonds. The third-order valence-corrected chi connectivity index (χ3v) is 4.16. The normalized spacial score (nSPS) is 13.9. The van der Waals surface area contributed by atoms with E-state index in [-0.39, 0.29) is 5.78 Å². The van der Waals surface area contributed by atoms with Gasteiger partial charge in [0.15, 0.2) is 5.78 Å². The van der Waals surface area contributed by atoms with Crippen molar-refractivity contribution in [2.24, 2.45) is 0 Å². The summed E-state index contributed by atoms with van der Waals surface area (Å²) in [6.07, 6.45) is 2.24. The first kappa shape index (κ1) is 13.9. The highest BCUT2D eigenvalue weighted by molar-refractivity contribution is 5.99. The highest BCUT2D eigenvalue weighted by atomic mass is 16.1. The lowest BCUT2D eigenvalue weighted by molar-refractivity contribution is 0.0998. The van der Waals surface area contributed by atoms with Gasteiger partial charge in [-0.1, -0.05) is 47.5 Å². The molecule has 0 fully saturated rings. The van der Waals surface area contributed by atoms with Gasteiger partial charge in [0, 0.05) is 17.8 Å². The van der Waals surface area contributed by atoms with Crippen molar-refractivity contribution >= 4 is 11.5 Å². The highest BCUT2D eigenvalue weighted by Gasteiger charge is 2.19. The molecule has 0 bridgehead atoms. The number of fused-ring (bicyclic) bond motifs is 1. The Morgan fingerprint density at radius 3 is 2.52 bits per heavy atom. The van der Waals surface area contributed by atoms with Crippen molar-refractivity contribution in [3.63, 3.8) is 0 Å². The van der Waals surface area contributed by atoms with Gasteiger partial charge < -0.3 is 4.90 Å². The molecule has 1 aliphatic heterocycles. The molecule has 2 aromatic rings. The van der Waals surface area contributed by atoms with Crippen molar-refractivity contribution in [3.8, 4) is 0 Å². The van der Waals surface area contributed by atoms with Gasteiger partial charge in [-0.2, -0.15) is 0 Å². The highest BCUT2D eigenvalue weighted by Crippen LogP contribution is 2.28. The first-order valence-electron chi connectivity index (χ1n) is 7.58. The molecule has 0 spiro atoms. The Kier molecular flexibility index (Phi) is 3.78. The molecule has 0 radical (unpaired) electrons. The molecule has 0 aromatic heterocycles. The standard InChI is InChI=1S/C19H21NO/c1-14-5-8-16(9-6-14)19(21)13-20-11-3-4-17-12-15(2)7-10-18(17)20/h5-10,12H,3-4,11,13H2,1-2H3. The Morgan fingerprint density at radius 1 is 1.05 bits per heavy atom. The quantitative estimate of drug-likeness (QED) is 0.793. The van der Waals surface area contributed by atoms with Gasteiger partial charge in [-0.15, -0.1) is 0 Å². The average molecular weight is 279 g/mol. The van der Waals surface area contributed by atoms with Gasteiger partial charge in [-0.05, 0) is 38.3 Å². The van der Waals surface area contributed by atoms with E-state index < -0.39 is 0 Å². The van der Waals surface area contributed by atoms with Crippen molar-refractivity contribution in [3.05, 3.63) is 64.7 Å². The van der Waals surface area contributed by atoms with Crippen LogP contribution in [0.3, 0.4) is 0 Å². The van der Waals surface area contributed by atoms with E-state index in [2.05, 4.69) is 30.0 Å². The molecule has 0 N–H and O–H groups in total. The first-order valence-corrected chi connectivity index (χ1v) is 7.58. The van der Waals surface area contributed by atoms with Crippen LogP contribution in [0.25, 0.3) is 0 Å². The van der Waals surface area contributed by atoms with Crippen LogP contribution in [0.15, 0.2) is 42.5 Å². The fourth-order valence-corrected chi connectivity index (χ4v) is 2.97. The Hall–Kier alpha value is -2.09. The van der Waals surface area contributed by atoms with Crippen LogP contribution < -0.4 is 4.90 Å². The van der Waals surface area contributed by atoms with Gasteiger partial charge in [0.2, 0.25) is 0 Å². The molecule has 2 heteroatoms. The number of carbonyl (C=O) groups is 1. The zero-order valence-electron chi connectivity index (χ0n) is 12.7. The summed E-state index contributed by atoms with van der Waals surface area (Å²) in [4.78, 5) is 14.7. The molecule has 1 heterocycles. The fourth-order valence-electron chi connectivity index (χ4n) is 2.97. The minimum Gasteiger partial charge on any atom is -0.364 e. The van der Waals surface area contributed by atoms with Gasteiger partial charge in [0.25, 0.3) is 0 Å². The first-order chi connectivity index (χ1) is 10.1. The fraction of sp³-hybridized carbons (Fsp3) is 0.316. The molecular formula is C19H21NO. The molecule has 0 atom stereocenters. The molecule has 108 valence electrons. The lowest BCUT2D eigenvalue weighted by Gasteiger charge is -2.31. The number of aryl methyl sites for hydroxylation is 3. The third-order valence-electron chi connectivity index (χ3n) is 4.16. The van der Waals surface area contributed by atoms with E-state index >= 15 is 0 Å². The minimum absolute atomic E-state index is 0.198. The number of ketones is 1. The molecule has 2 nitrogen and oxygen atoms in total. The van der Waals surface area contributed by atoms with Gasteiger partial charge >= 0.3 is 0 Å². The number of Topliss-reactive ketones (excluding diaryl/α,β-unsaturated/α-hetero) is 1. The maximum atomic E-state index is 12.5. The molecule has 0 unspecified atom stereocenters. The van der Waals surface area contributed by atoms with E-state index in [0.29, 0.717) is 6.54 Å². The van der Waals surface area contributed by atoms with Crippen LogP contribution in [-0.4, -0.2) is 18.9 Å². The number of benzene rings is 2. The molecular weight excluding hydrogens is 258 g/mol. The molecule has 1 aliphatic rings. The summed E-state index contributed by atoms with van der Waals surface area (Å²) in [5, 5.41) is 0. The Balaban J connectivity index is 1.80. The zero-order chi connectivity index (χ0) is 14.8. The summed E-state index contributed by atoms with van der Waals surface area (Å²) >= 11 is 0. The molecule has 0 saturated carbocycles. The van der Waals surface area contributed by atoms with Crippen LogP contribution in [0.1, 0.15) is 33.5 Å². The van der Waals surface area contributed by atoms with Crippen LogP contribution in [-0.2, 0) is 6.42 Å². The Labute approximate surface area is 126 Å². The van der Waals surface area contributed by atoms with Crippen molar-refractivity contribution in [1.29, 1.82) is 0 Å². The smallest absolute Gasteiger partial charge is 0.182 e. The summed E-state index contributed by atoms with van der Waals surface area (Å²) < 4.78 is 0. The van der Waals surface area contributed by atoms with Crippen LogP contribution in [0, 0.1) is 13.8 Å². The molecule has 3 rings (SSSR count). The van der Waals surface area contributed by atoms with Crippen molar-refractivity contribution in [2.75, 3.05) is 18.0 Å². The van der Waals surface area contributed by atoms with Crippen LogP contribution >= 0.6 is 0 Å². The van der Waals surface area contributed by atoms with Crippen LogP contribution in [0.5, 0.6) is 0 Å². The van der Waals surface area contributed by atoms with E-state index in [1.807, 2.05) is 31.2 Å². The van der Waals surface area contributed by atoms with Gasteiger partial charge in [0.05, 0.1) is 6.54 Å². The number of carbonyl (C=O) groups excluding carboxylic acids is 1. The molecule has 0 saturated heterocycles. The van der Waals surface area contributed by atoms with Crippen molar-refractivity contribution in [2.45, 2.75) is 26.7 Å². The van der Waals surface area contributed by atoms with E-state index in [4.69, 9.17) is 0 Å². The van der Waals surface area contributed by atoms with E-state index in [9.17, 15) is 4.79 Å². The van der Waals surface area contributed by atoms with E-state index in [0.717, 1.165) is 24.9 Å². The third kappa shape index (κ3) is 2.99. The second kappa shape index (κ2) is 5.72. The van der Waals surface area contributed by atoms with Gasteiger partial charge in [-0.3, -0.25) is 4.79 Å². The van der Waals surface area contributed by atoms with Crippen LogP contribution in [0.4, 0.5) is 5.69 Å². The topological polar surface area (TPSA) is 20.3 Å². The summed E-state index contributed by atoms with van der Waals surface area (Å²) in [6, 6.07) is 14.4. The number of rotatable bonds is 3. The number of hydrogen-bond donors (Lipinski definition) is 0. The van der Waals surface area contributed by atoms with E-state index in [1.54, 1.807) is 0 Å². The minimum atomic E-state index is 0.198. The summed E-state index contributed by atoms with van der Waals surface area (Å²) in [6.45, 7) is 5.60. The predicted octanol–water partition coefficient (Wildman–Crippen LogP) is 3.94. The SMILES string of the molecule is Cc1ccc(C(=O)CN2CCCc3cc(C)ccc32)cc1. The van der Waals surface area contributed by atoms with Crippen molar-refractivity contribution in [1.82, 2.24) is 0 Å². The Bertz CT molecular complexity index is 658. The zero-order valence-corrected chi connectivity index (χ0v) is 12.7. The molecule has 2 aromatic carbocycles. The average Bonchev–Trinajstić information content (AvgIpc) is 2.47. The summed E-state index contributed by atoms with van der Waals surface area (Å²) in [5.74, 6) is 0.198. The largest absolute Gasteiger partial charge is 0.364 e. The van der Waals surface area contributed by atoms with Gasteiger partial charge in [0.1, 0.15) is 0 Å². The summed E-state index contributed by atoms with van der Waals surface area (Å²) in [7, 11) is 0. The lowest BCUT2D eigenvalue weighted by atomic mass is 9.99. The lowest BCUT2D eigenvalue weighted by Crippen LogP contribution is -2.34. The maximum absolute atomic E-state index is 12.5. The van der Waals surface area contributed by atoms with Crippen molar-refractivity contribution < 1.29 is 4.79 Å². The van der Waals surface area contributed by atoms with Crippen LogP contribution in [0.2, 0.25) is 0 Å². The molecule has 0 aliphatic carbocycles. The monoisotopic (exact) mass is 279 g/mol. The Morgan fingerprint density at radius 2 is 1.76 bits per heavy atom. The number of nitrogens with zero attached hydrogens (tertiary/aromatic N) is 1.